The third kappa shape index (κ3) is 4.13. The topological polar surface area (TPSA) is 55.5 Å². The van der Waals surface area contributed by atoms with E-state index in [4.69, 9.17) is 10.5 Å². The summed E-state index contributed by atoms with van der Waals surface area (Å²) in [5, 5.41) is 9.60. The van der Waals surface area contributed by atoms with Crippen LogP contribution in [0.3, 0.4) is 0 Å². The van der Waals surface area contributed by atoms with Crippen molar-refractivity contribution in [2.45, 2.75) is 43.4 Å². The Hall–Kier alpha value is -0.870. The monoisotopic (exact) mass is 255 g/mol. The Labute approximate surface area is 107 Å². The molecule has 2 unspecified atom stereocenters. The number of para-hydroxylation sites is 1. The van der Waals surface area contributed by atoms with Gasteiger partial charge >= 0.3 is 0 Å². The maximum atomic E-state index is 9.49. The third-order valence-electron chi connectivity index (χ3n) is 2.48. The van der Waals surface area contributed by atoms with Gasteiger partial charge in [-0.25, -0.2) is 0 Å². The second kappa shape index (κ2) is 6.77. The van der Waals surface area contributed by atoms with Crippen LogP contribution in [0.4, 0.5) is 5.69 Å². The van der Waals surface area contributed by atoms with E-state index in [1.54, 1.807) is 18.7 Å². The molecule has 0 heterocycles. The number of thioether (sulfide) groups is 1. The number of rotatable bonds is 6. The fourth-order valence-corrected chi connectivity index (χ4v) is 2.25. The van der Waals surface area contributed by atoms with Gasteiger partial charge in [0.05, 0.1) is 18.4 Å². The Morgan fingerprint density at radius 1 is 1.41 bits per heavy atom. The smallest absolute Gasteiger partial charge is 0.143 e. The average molecular weight is 255 g/mol. The fraction of sp³-hybridized carbons (Fsp3) is 0.538. The van der Waals surface area contributed by atoms with E-state index in [0.717, 1.165) is 17.1 Å². The summed E-state index contributed by atoms with van der Waals surface area (Å²) in [4.78, 5) is 0.965. The van der Waals surface area contributed by atoms with Crippen LogP contribution in [0.1, 0.15) is 27.2 Å². The molecule has 0 aliphatic carbocycles. The molecule has 0 radical (unpaired) electrons. The van der Waals surface area contributed by atoms with Crippen LogP contribution in [0, 0.1) is 0 Å². The molecule has 0 saturated heterocycles. The van der Waals surface area contributed by atoms with Crippen LogP contribution in [0.15, 0.2) is 23.1 Å². The Kier molecular flexibility index (Phi) is 5.65. The van der Waals surface area contributed by atoms with Crippen LogP contribution in [0.5, 0.6) is 5.75 Å². The number of anilines is 1. The van der Waals surface area contributed by atoms with Crippen LogP contribution in [0.2, 0.25) is 0 Å². The van der Waals surface area contributed by atoms with E-state index in [2.05, 4.69) is 6.92 Å². The van der Waals surface area contributed by atoms with Crippen molar-refractivity contribution in [2.75, 3.05) is 12.3 Å². The van der Waals surface area contributed by atoms with Crippen LogP contribution >= 0.6 is 11.8 Å². The molecule has 0 saturated carbocycles. The summed E-state index contributed by atoms with van der Waals surface area (Å²) in [5.41, 5.74) is 6.71. The van der Waals surface area contributed by atoms with Crippen LogP contribution < -0.4 is 10.5 Å². The molecule has 0 aromatic heterocycles. The van der Waals surface area contributed by atoms with E-state index in [0.29, 0.717) is 12.3 Å². The zero-order valence-electron chi connectivity index (χ0n) is 10.6. The SMILES string of the molecule is CCCOc1cccc(SC(C)C(C)O)c1N. The number of hydrogen-bond donors (Lipinski definition) is 2. The quantitative estimate of drug-likeness (QED) is 0.606. The molecule has 0 aliphatic rings. The first-order valence-corrected chi connectivity index (χ1v) is 6.80. The lowest BCUT2D eigenvalue weighted by molar-refractivity contribution is 0.196. The van der Waals surface area contributed by atoms with Crippen molar-refractivity contribution in [3.8, 4) is 5.75 Å². The Morgan fingerprint density at radius 2 is 2.12 bits per heavy atom. The summed E-state index contributed by atoms with van der Waals surface area (Å²) < 4.78 is 5.57. The van der Waals surface area contributed by atoms with Crippen molar-refractivity contribution in [3.05, 3.63) is 18.2 Å². The highest BCUT2D eigenvalue weighted by Gasteiger charge is 2.14. The highest BCUT2D eigenvalue weighted by Crippen LogP contribution is 2.35. The largest absolute Gasteiger partial charge is 0.491 e. The molecule has 4 heteroatoms. The van der Waals surface area contributed by atoms with Crippen molar-refractivity contribution in [1.82, 2.24) is 0 Å². The third-order valence-corrected chi connectivity index (χ3v) is 3.86. The molecule has 96 valence electrons. The lowest BCUT2D eigenvalue weighted by Gasteiger charge is -2.17. The van der Waals surface area contributed by atoms with Gasteiger partial charge in [-0.05, 0) is 25.5 Å². The van der Waals surface area contributed by atoms with Gasteiger partial charge in [-0.1, -0.05) is 19.9 Å². The summed E-state index contributed by atoms with van der Waals surface area (Å²) in [5.74, 6) is 0.731. The van der Waals surface area contributed by atoms with Gasteiger partial charge in [0.15, 0.2) is 0 Å². The van der Waals surface area contributed by atoms with Crippen LogP contribution in [0.25, 0.3) is 0 Å². The first kappa shape index (κ1) is 14.2. The predicted octanol–water partition coefficient (Wildman–Crippen LogP) is 2.92. The molecule has 1 aromatic rings. The second-order valence-electron chi connectivity index (χ2n) is 4.08. The first-order valence-electron chi connectivity index (χ1n) is 5.92. The zero-order valence-corrected chi connectivity index (χ0v) is 11.5. The minimum atomic E-state index is -0.361. The zero-order chi connectivity index (χ0) is 12.8. The van der Waals surface area contributed by atoms with E-state index < -0.39 is 0 Å². The van der Waals surface area contributed by atoms with E-state index in [9.17, 15) is 5.11 Å². The minimum Gasteiger partial charge on any atom is -0.491 e. The minimum absolute atomic E-state index is 0.110. The number of aliphatic hydroxyl groups excluding tert-OH is 1. The van der Waals surface area contributed by atoms with Gasteiger partial charge in [-0.2, -0.15) is 0 Å². The molecule has 0 aliphatic heterocycles. The highest BCUT2D eigenvalue weighted by atomic mass is 32.2. The van der Waals surface area contributed by atoms with E-state index in [1.165, 1.54) is 0 Å². The molecule has 2 atom stereocenters. The molecule has 1 rings (SSSR count). The van der Waals surface area contributed by atoms with Gasteiger partial charge in [-0.3, -0.25) is 0 Å². The number of nitrogen functional groups attached to an aromatic ring is 1. The number of ether oxygens (including phenoxy) is 1. The lowest BCUT2D eigenvalue weighted by Crippen LogP contribution is -2.15. The molecule has 0 bridgehead atoms. The number of hydrogen-bond acceptors (Lipinski definition) is 4. The van der Waals surface area contributed by atoms with Crippen molar-refractivity contribution in [2.24, 2.45) is 0 Å². The molecule has 0 amide bonds. The van der Waals surface area contributed by atoms with E-state index >= 15 is 0 Å². The maximum absolute atomic E-state index is 9.49. The summed E-state index contributed by atoms with van der Waals surface area (Å²) in [6, 6.07) is 5.76. The molecular weight excluding hydrogens is 234 g/mol. The van der Waals surface area contributed by atoms with Gasteiger partial charge in [-0.15, -0.1) is 11.8 Å². The molecular formula is C13H21NO2S. The standard InChI is InChI=1S/C13H21NO2S/c1-4-8-16-11-6-5-7-12(13(11)14)17-10(3)9(2)15/h5-7,9-10,15H,4,8,14H2,1-3H3. The maximum Gasteiger partial charge on any atom is 0.143 e. The first-order chi connectivity index (χ1) is 8.06. The number of benzene rings is 1. The molecule has 1 aromatic carbocycles. The Bertz CT molecular complexity index is 355. The molecule has 3 N–H and O–H groups in total. The highest BCUT2D eigenvalue weighted by molar-refractivity contribution is 8.00. The normalized spacial score (nSPS) is 14.4. The molecule has 0 fully saturated rings. The Balaban J connectivity index is 2.79. The van der Waals surface area contributed by atoms with Crippen molar-refractivity contribution >= 4 is 17.4 Å². The number of nitrogens with two attached hydrogens (primary N) is 1. The molecule has 3 nitrogen and oxygen atoms in total. The van der Waals surface area contributed by atoms with Gasteiger partial charge in [0.2, 0.25) is 0 Å². The van der Waals surface area contributed by atoms with E-state index in [1.807, 2.05) is 25.1 Å². The van der Waals surface area contributed by atoms with Crippen molar-refractivity contribution in [1.29, 1.82) is 0 Å². The van der Waals surface area contributed by atoms with Gasteiger partial charge in [0.25, 0.3) is 0 Å². The van der Waals surface area contributed by atoms with Crippen molar-refractivity contribution in [3.63, 3.8) is 0 Å². The molecule has 0 spiro atoms. The van der Waals surface area contributed by atoms with Crippen LogP contribution in [-0.2, 0) is 0 Å². The lowest BCUT2D eigenvalue weighted by atomic mass is 10.3. The number of aliphatic hydroxyl groups is 1. The van der Waals surface area contributed by atoms with Gasteiger partial charge in [0, 0.05) is 10.1 Å². The van der Waals surface area contributed by atoms with Gasteiger partial charge < -0.3 is 15.6 Å². The van der Waals surface area contributed by atoms with Crippen LogP contribution in [-0.4, -0.2) is 23.1 Å². The van der Waals surface area contributed by atoms with Crippen molar-refractivity contribution < 1.29 is 9.84 Å². The van der Waals surface area contributed by atoms with E-state index in [-0.39, 0.29) is 11.4 Å². The summed E-state index contributed by atoms with van der Waals surface area (Å²) in [7, 11) is 0. The second-order valence-corrected chi connectivity index (χ2v) is 5.50. The fourth-order valence-electron chi connectivity index (χ4n) is 1.26. The average Bonchev–Trinajstić information content (AvgIpc) is 2.30. The summed E-state index contributed by atoms with van der Waals surface area (Å²) in [6.07, 6.45) is 0.598. The summed E-state index contributed by atoms with van der Waals surface area (Å²) in [6.45, 7) is 6.49. The van der Waals surface area contributed by atoms with Gasteiger partial charge in [0.1, 0.15) is 5.75 Å². The Morgan fingerprint density at radius 3 is 2.71 bits per heavy atom. The molecule has 17 heavy (non-hydrogen) atoms. The summed E-state index contributed by atoms with van der Waals surface area (Å²) >= 11 is 1.57. The predicted molar refractivity (Wildman–Crippen MR) is 73.6 cm³/mol.